The van der Waals surface area contributed by atoms with Crippen LogP contribution in [-0.4, -0.2) is 56.5 Å². The molecule has 0 aromatic heterocycles. The van der Waals surface area contributed by atoms with Crippen molar-refractivity contribution in [3.05, 3.63) is 59.2 Å². The normalized spacial score (nSPS) is 18.9. The van der Waals surface area contributed by atoms with Crippen molar-refractivity contribution in [1.82, 2.24) is 4.31 Å². The van der Waals surface area contributed by atoms with Gasteiger partial charge in [-0.05, 0) is 56.0 Å². The number of carbonyl (C=O) groups excluding carboxylic acids is 2. The summed E-state index contributed by atoms with van der Waals surface area (Å²) in [4.78, 5) is 25.1. The third kappa shape index (κ3) is 6.02. The third-order valence-corrected chi connectivity index (χ3v) is 7.52. The molecule has 1 fully saturated rings. The van der Waals surface area contributed by atoms with E-state index in [9.17, 15) is 18.0 Å². The van der Waals surface area contributed by atoms with Crippen molar-refractivity contribution in [2.45, 2.75) is 57.6 Å². The molecule has 2 aromatic rings. The molecule has 3 rings (SSSR count). The van der Waals surface area contributed by atoms with Crippen molar-refractivity contribution >= 4 is 27.6 Å². The van der Waals surface area contributed by atoms with Crippen molar-refractivity contribution in [1.29, 1.82) is 0 Å². The number of nitrogens with zero attached hydrogens (tertiary/aromatic N) is 1. The number of esters is 1. The van der Waals surface area contributed by atoms with Crippen LogP contribution in [0.1, 0.15) is 49.2 Å². The highest BCUT2D eigenvalue weighted by Gasteiger charge is 2.32. The number of para-hydroxylation sites is 1. The molecule has 1 amide bonds. The minimum Gasteiger partial charge on any atom is -0.452 e. The highest BCUT2D eigenvalue weighted by molar-refractivity contribution is 7.89. The summed E-state index contributed by atoms with van der Waals surface area (Å²) in [6.45, 7) is 7.64. The number of carbonyl (C=O) groups is 2. The van der Waals surface area contributed by atoms with Gasteiger partial charge in [-0.1, -0.05) is 38.1 Å². The lowest BCUT2D eigenvalue weighted by molar-refractivity contribution is -0.119. The Hall–Kier alpha value is -2.75. The van der Waals surface area contributed by atoms with Gasteiger partial charge in [-0.15, -0.1) is 0 Å². The molecule has 1 aliphatic rings. The van der Waals surface area contributed by atoms with Crippen LogP contribution in [-0.2, 0) is 37.1 Å². The van der Waals surface area contributed by atoms with E-state index >= 15 is 0 Å². The van der Waals surface area contributed by atoms with E-state index in [-0.39, 0.29) is 35.8 Å². The van der Waals surface area contributed by atoms with Gasteiger partial charge < -0.3 is 14.8 Å². The summed E-state index contributed by atoms with van der Waals surface area (Å²) in [6.07, 6.45) is 1.06. The molecule has 8 nitrogen and oxygen atoms in total. The topological polar surface area (TPSA) is 102 Å². The van der Waals surface area contributed by atoms with Gasteiger partial charge in [-0.3, -0.25) is 4.79 Å². The first-order valence-corrected chi connectivity index (χ1v) is 12.9. The maximum absolute atomic E-state index is 13.1. The van der Waals surface area contributed by atoms with Gasteiger partial charge in [0.05, 0.1) is 22.7 Å². The van der Waals surface area contributed by atoms with Crippen LogP contribution < -0.4 is 5.32 Å². The molecule has 1 saturated heterocycles. The standard InChI is InChI=1S/C25H32N2O6S/c1-5-19-9-7-10-20(6-2)24(19)26-23(28)16-32-25(29)21-11-8-12-22(13-21)34(30,31)27-14-17(3)33-18(4)15-27/h7-13,17-18H,5-6,14-16H2,1-4H3,(H,26,28). The monoisotopic (exact) mass is 488 g/mol. The van der Waals surface area contributed by atoms with Crippen molar-refractivity contribution in [3.8, 4) is 0 Å². The molecule has 2 aromatic carbocycles. The average Bonchev–Trinajstić information content (AvgIpc) is 2.82. The van der Waals surface area contributed by atoms with E-state index in [1.54, 1.807) is 0 Å². The molecule has 0 aliphatic carbocycles. The summed E-state index contributed by atoms with van der Waals surface area (Å²) in [5.74, 6) is -1.22. The zero-order valence-electron chi connectivity index (χ0n) is 20.0. The Balaban J connectivity index is 1.68. The Labute approximate surface area is 201 Å². The third-order valence-electron chi connectivity index (χ3n) is 5.69. The summed E-state index contributed by atoms with van der Waals surface area (Å²) in [7, 11) is -3.80. The van der Waals surface area contributed by atoms with Gasteiger partial charge in [0, 0.05) is 18.8 Å². The number of hydrogen-bond donors (Lipinski definition) is 1. The van der Waals surface area contributed by atoms with Crippen molar-refractivity contribution < 1.29 is 27.5 Å². The van der Waals surface area contributed by atoms with Gasteiger partial charge in [0.25, 0.3) is 5.91 Å². The molecule has 1 heterocycles. The van der Waals surface area contributed by atoms with E-state index in [4.69, 9.17) is 9.47 Å². The number of anilines is 1. The van der Waals surface area contributed by atoms with Gasteiger partial charge in [-0.25, -0.2) is 13.2 Å². The van der Waals surface area contributed by atoms with Crippen LogP contribution in [0.3, 0.4) is 0 Å². The van der Waals surface area contributed by atoms with Gasteiger partial charge >= 0.3 is 5.97 Å². The van der Waals surface area contributed by atoms with Gasteiger partial charge in [-0.2, -0.15) is 4.31 Å². The lowest BCUT2D eigenvalue weighted by atomic mass is 10.0. The molecule has 0 spiro atoms. The fraction of sp³-hybridized carbons (Fsp3) is 0.440. The van der Waals surface area contributed by atoms with Gasteiger partial charge in [0.15, 0.2) is 6.61 Å². The number of nitrogens with one attached hydrogen (secondary N) is 1. The first-order valence-electron chi connectivity index (χ1n) is 11.5. The fourth-order valence-corrected chi connectivity index (χ4v) is 5.69. The highest BCUT2D eigenvalue weighted by Crippen LogP contribution is 2.24. The van der Waals surface area contributed by atoms with E-state index < -0.39 is 28.5 Å². The minimum absolute atomic E-state index is 0.00263. The summed E-state index contributed by atoms with van der Waals surface area (Å²) in [5, 5.41) is 2.84. The lowest BCUT2D eigenvalue weighted by Gasteiger charge is -2.34. The molecular formula is C25H32N2O6S. The van der Waals surface area contributed by atoms with E-state index in [0.29, 0.717) is 0 Å². The second-order valence-corrected chi connectivity index (χ2v) is 10.3. The minimum atomic E-state index is -3.80. The fourth-order valence-electron chi connectivity index (χ4n) is 4.05. The Kier molecular flexibility index (Phi) is 8.46. The number of morpholine rings is 1. The molecule has 9 heteroatoms. The van der Waals surface area contributed by atoms with Crippen LogP contribution in [0, 0.1) is 0 Å². The number of amides is 1. The van der Waals surface area contributed by atoms with E-state index in [1.165, 1.54) is 28.6 Å². The predicted molar refractivity (Wildman–Crippen MR) is 129 cm³/mol. The number of hydrogen-bond acceptors (Lipinski definition) is 6. The molecular weight excluding hydrogens is 456 g/mol. The maximum Gasteiger partial charge on any atom is 0.338 e. The maximum atomic E-state index is 13.1. The van der Waals surface area contributed by atoms with E-state index in [0.717, 1.165) is 29.7 Å². The largest absolute Gasteiger partial charge is 0.452 e. The smallest absolute Gasteiger partial charge is 0.338 e. The second-order valence-electron chi connectivity index (χ2n) is 8.39. The van der Waals surface area contributed by atoms with Gasteiger partial charge in [0.1, 0.15) is 0 Å². The predicted octanol–water partition coefficient (Wildman–Crippen LogP) is 3.40. The first-order chi connectivity index (χ1) is 16.1. The van der Waals surface area contributed by atoms with Crippen molar-refractivity contribution in [2.75, 3.05) is 25.0 Å². The number of benzene rings is 2. The van der Waals surface area contributed by atoms with Crippen LogP contribution in [0.5, 0.6) is 0 Å². The molecule has 1 aliphatic heterocycles. The van der Waals surface area contributed by atoms with Crippen molar-refractivity contribution in [2.24, 2.45) is 0 Å². The number of sulfonamides is 1. The molecule has 1 N–H and O–H groups in total. The van der Waals surface area contributed by atoms with Crippen molar-refractivity contribution in [3.63, 3.8) is 0 Å². The van der Waals surface area contributed by atoms with Crippen LogP contribution in [0.25, 0.3) is 0 Å². The molecule has 0 radical (unpaired) electrons. The summed E-state index contributed by atoms with van der Waals surface area (Å²) in [6, 6.07) is 11.5. The zero-order valence-corrected chi connectivity index (χ0v) is 20.9. The number of rotatable bonds is 8. The Morgan fingerprint density at radius 2 is 1.62 bits per heavy atom. The van der Waals surface area contributed by atoms with Crippen LogP contribution in [0.15, 0.2) is 47.4 Å². The summed E-state index contributed by atoms with van der Waals surface area (Å²) < 4.78 is 38.4. The molecule has 0 saturated carbocycles. The second kappa shape index (κ2) is 11.1. The summed E-state index contributed by atoms with van der Waals surface area (Å²) >= 11 is 0. The highest BCUT2D eigenvalue weighted by atomic mass is 32.2. The molecule has 0 bridgehead atoms. The van der Waals surface area contributed by atoms with Crippen LogP contribution in [0.2, 0.25) is 0 Å². The molecule has 34 heavy (non-hydrogen) atoms. The number of aryl methyl sites for hydroxylation is 2. The van der Waals surface area contributed by atoms with E-state index in [2.05, 4.69) is 5.32 Å². The average molecular weight is 489 g/mol. The van der Waals surface area contributed by atoms with Crippen LogP contribution in [0.4, 0.5) is 5.69 Å². The Morgan fingerprint density at radius 1 is 1.03 bits per heavy atom. The zero-order chi connectivity index (χ0) is 24.9. The summed E-state index contributed by atoms with van der Waals surface area (Å²) in [5.41, 5.74) is 2.81. The first kappa shape index (κ1) is 25.9. The number of ether oxygens (including phenoxy) is 2. The van der Waals surface area contributed by atoms with Gasteiger partial charge in [0.2, 0.25) is 10.0 Å². The molecule has 2 atom stereocenters. The van der Waals surface area contributed by atoms with E-state index in [1.807, 2.05) is 45.9 Å². The quantitative estimate of drug-likeness (QED) is 0.572. The SMILES string of the molecule is CCc1cccc(CC)c1NC(=O)COC(=O)c1cccc(S(=O)(=O)N2CC(C)OC(C)C2)c1. The molecule has 184 valence electrons. The Morgan fingerprint density at radius 3 is 2.21 bits per heavy atom. The van der Waals surface area contributed by atoms with Crippen LogP contribution >= 0.6 is 0 Å². The molecule has 2 unspecified atom stereocenters. The lowest BCUT2D eigenvalue weighted by Crippen LogP contribution is -2.48. The Bertz CT molecular complexity index is 1120.